The van der Waals surface area contributed by atoms with Crippen molar-refractivity contribution in [2.75, 3.05) is 24.8 Å². The molecule has 5 heteroatoms. The van der Waals surface area contributed by atoms with Crippen LogP contribution in [0.15, 0.2) is 28.8 Å². The second-order valence-corrected chi connectivity index (χ2v) is 4.21. The van der Waals surface area contributed by atoms with Gasteiger partial charge in [0, 0.05) is 19.2 Å². The second-order valence-electron chi connectivity index (χ2n) is 4.21. The van der Waals surface area contributed by atoms with Crippen LogP contribution in [0.25, 0.3) is 0 Å². The third kappa shape index (κ3) is 2.56. The van der Waals surface area contributed by atoms with Gasteiger partial charge in [0.1, 0.15) is 17.2 Å². The van der Waals surface area contributed by atoms with Gasteiger partial charge in [-0.25, -0.2) is 0 Å². The van der Waals surface area contributed by atoms with Gasteiger partial charge >= 0.3 is 0 Å². The summed E-state index contributed by atoms with van der Waals surface area (Å²) in [4.78, 5) is 2.01. The second kappa shape index (κ2) is 5.00. The molecule has 0 fully saturated rings. The number of aromatic nitrogens is 1. The highest BCUT2D eigenvalue weighted by Gasteiger charge is 2.10. The van der Waals surface area contributed by atoms with E-state index in [-0.39, 0.29) is 0 Å². The first-order chi connectivity index (χ1) is 8.60. The first kappa shape index (κ1) is 12.3. The van der Waals surface area contributed by atoms with Gasteiger partial charge in [-0.15, -0.1) is 0 Å². The zero-order valence-electron chi connectivity index (χ0n) is 10.8. The van der Waals surface area contributed by atoms with E-state index in [0.29, 0.717) is 12.2 Å². The van der Waals surface area contributed by atoms with Gasteiger partial charge in [-0.3, -0.25) is 0 Å². The Labute approximate surface area is 106 Å². The number of benzene rings is 1. The van der Waals surface area contributed by atoms with Gasteiger partial charge in [0.2, 0.25) is 0 Å². The first-order valence-corrected chi connectivity index (χ1v) is 5.67. The van der Waals surface area contributed by atoms with Crippen molar-refractivity contribution in [1.29, 1.82) is 0 Å². The Kier molecular flexibility index (Phi) is 3.41. The molecular formula is C13H17N3O2. The van der Waals surface area contributed by atoms with Gasteiger partial charge in [0.25, 0.3) is 0 Å². The lowest BCUT2D eigenvalue weighted by molar-refractivity contribution is 0.390. The number of hydrogen-bond donors (Lipinski definition) is 1. The van der Waals surface area contributed by atoms with E-state index in [9.17, 15) is 0 Å². The summed E-state index contributed by atoms with van der Waals surface area (Å²) in [7, 11) is 3.59. The van der Waals surface area contributed by atoms with Crippen LogP contribution in [0, 0.1) is 6.92 Å². The van der Waals surface area contributed by atoms with Crippen LogP contribution in [0.3, 0.4) is 0 Å². The molecule has 0 amide bonds. The van der Waals surface area contributed by atoms with Gasteiger partial charge in [-0.2, -0.15) is 0 Å². The minimum atomic E-state index is 0.634. The quantitative estimate of drug-likeness (QED) is 0.839. The van der Waals surface area contributed by atoms with Gasteiger partial charge in [-0.05, 0) is 19.1 Å². The predicted molar refractivity (Wildman–Crippen MR) is 70.8 cm³/mol. The number of nitrogen functional groups attached to an aromatic ring is 1. The largest absolute Gasteiger partial charge is 0.497 e. The lowest BCUT2D eigenvalue weighted by Crippen LogP contribution is -2.18. The molecule has 0 atom stereocenters. The Hall–Kier alpha value is -2.17. The summed E-state index contributed by atoms with van der Waals surface area (Å²) >= 11 is 0. The van der Waals surface area contributed by atoms with E-state index in [4.69, 9.17) is 15.0 Å². The lowest BCUT2D eigenvalue weighted by Gasteiger charge is -2.20. The number of nitrogens with two attached hydrogens (primary N) is 1. The zero-order chi connectivity index (χ0) is 13.1. The molecule has 1 aromatic heterocycles. The molecule has 0 bridgehead atoms. The minimum absolute atomic E-state index is 0.634. The molecule has 96 valence electrons. The van der Waals surface area contributed by atoms with Crippen LogP contribution in [-0.2, 0) is 6.54 Å². The maximum atomic E-state index is 5.96. The summed E-state index contributed by atoms with van der Waals surface area (Å²) in [5.74, 6) is 1.58. The van der Waals surface area contributed by atoms with Crippen molar-refractivity contribution in [2.45, 2.75) is 13.5 Å². The normalized spacial score (nSPS) is 10.4. The molecule has 0 spiro atoms. The fraction of sp³-hybridized carbons (Fsp3) is 0.308. The van der Waals surface area contributed by atoms with Crippen LogP contribution in [0.4, 0.5) is 11.4 Å². The number of hydrogen-bond acceptors (Lipinski definition) is 5. The maximum absolute atomic E-state index is 5.96. The number of anilines is 2. The Bertz CT molecular complexity index is 537. The standard InChI is InChI=1S/C13H17N3O2/c1-9-6-10(15-18-9)8-16(2)13-7-11(17-3)4-5-12(13)14/h4-7H,8,14H2,1-3H3. The predicted octanol–water partition coefficient (Wildman–Crippen LogP) is 2.21. The molecule has 0 radical (unpaired) electrons. The SMILES string of the molecule is COc1ccc(N)c(N(C)Cc2cc(C)on2)c1. The summed E-state index contributed by atoms with van der Waals surface area (Å²) < 4.78 is 10.2. The van der Waals surface area contributed by atoms with Crippen LogP contribution >= 0.6 is 0 Å². The Morgan fingerprint density at radius 1 is 1.39 bits per heavy atom. The third-order valence-electron chi connectivity index (χ3n) is 2.72. The van der Waals surface area contributed by atoms with Crippen molar-refractivity contribution >= 4 is 11.4 Å². The highest BCUT2D eigenvalue weighted by Crippen LogP contribution is 2.28. The molecule has 2 rings (SSSR count). The number of rotatable bonds is 4. The summed E-state index contributed by atoms with van der Waals surface area (Å²) in [5, 5.41) is 3.96. The molecule has 2 N–H and O–H groups in total. The molecule has 0 aliphatic carbocycles. The third-order valence-corrected chi connectivity index (χ3v) is 2.72. The fourth-order valence-corrected chi connectivity index (χ4v) is 1.80. The van der Waals surface area contributed by atoms with Crippen LogP contribution in [0.1, 0.15) is 11.5 Å². The van der Waals surface area contributed by atoms with Crippen LogP contribution < -0.4 is 15.4 Å². The van der Waals surface area contributed by atoms with E-state index >= 15 is 0 Å². The smallest absolute Gasteiger partial charge is 0.133 e. The van der Waals surface area contributed by atoms with Crippen molar-refractivity contribution in [1.82, 2.24) is 5.16 Å². The van der Waals surface area contributed by atoms with Crippen molar-refractivity contribution in [3.05, 3.63) is 35.7 Å². The molecule has 0 saturated carbocycles. The monoisotopic (exact) mass is 247 g/mol. The molecule has 5 nitrogen and oxygen atoms in total. The van der Waals surface area contributed by atoms with Crippen molar-refractivity contribution in [3.8, 4) is 5.75 Å². The number of ether oxygens (including phenoxy) is 1. The van der Waals surface area contributed by atoms with Crippen LogP contribution in [0.2, 0.25) is 0 Å². The van der Waals surface area contributed by atoms with Gasteiger partial charge in [0.05, 0.1) is 25.0 Å². The number of methoxy groups -OCH3 is 1. The Balaban J connectivity index is 2.20. The molecule has 1 heterocycles. The summed E-state index contributed by atoms with van der Waals surface area (Å²) in [6.07, 6.45) is 0. The summed E-state index contributed by atoms with van der Waals surface area (Å²) in [6.45, 7) is 2.51. The summed E-state index contributed by atoms with van der Waals surface area (Å²) in [5.41, 5.74) is 8.45. The average molecular weight is 247 g/mol. The van der Waals surface area contributed by atoms with E-state index in [2.05, 4.69) is 5.16 Å². The molecule has 2 aromatic rings. The maximum Gasteiger partial charge on any atom is 0.133 e. The van der Waals surface area contributed by atoms with E-state index in [1.54, 1.807) is 7.11 Å². The topological polar surface area (TPSA) is 64.5 Å². The van der Waals surface area contributed by atoms with Gasteiger partial charge in [0.15, 0.2) is 0 Å². The minimum Gasteiger partial charge on any atom is -0.497 e. The highest BCUT2D eigenvalue weighted by molar-refractivity contribution is 5.69. The molecule has 0 aliphatic heterocycles. The average Bonchev–Trinajstić information content (AvgIpc) is 2.75. The van der Waals surface area contributed by atoms with Gasteiger partial charge in [-0.1, -0.05) is 5.16 Å². The van der Waals surface area contributed by atoms with E-state index in [1.165, 1.54) is 0 Å². The van der Waals surface area contributed by atoms with E-state index in [1.807, 2.05) is 43.1 Å². The number of nitrogens with zero attached hydrogens (tertiary/aromatic N) is 2. The van der Waals surface area contributed by atoms with Crippen LogP contribution in [-0.4, -0.2) is 19.3 Å². The molecule has 0 aliphatic rings. The van der Waals surface area contributed by atoms with Crippen molar-refractivity contribution in [3.63, 3.8) is 0 Å². The van der Waals surface area contributed by atoms with E-state index in [0.717, 1.165) is 22.9 Å². The van der Waals surface area contributed by atoms with Crippen LogP contribution in [0.5, 0.6) is 5.75 Å². The summed E-state index contributed by atoms with van der Waals surface area (Å²) in [6, 6.07) is 7.49. The molecular weight excluding hydrogens is 230 g/mol. The zero-order valence-corrected chi connectivity index (χ0v) is 10.8. The van der Waals surface area contributed by atoms with Gasteiger partial charge < -0.3 is 19.9 Å². The molecule has 18 heavy (non-hydrogen) atoms. The van der Waals surface area contributed by atoms with Crippen molar-refractivity contribution < 1.29 is 9.26 Å². The Morgan fingerprint density at radius 3 is 2.78 bits per heavy atom. The van der Waals surface area contributed by atoms with Crippen molar-refractivity contribution in [2.24, 2.45) is 0 Å². The lowest BCUT2D eigenvalue weighted by atomic mass is 10.2. The number of aryl methyl sites for hydroxylation is 1. The first-order valence-electron chi connectivity index (χ1n) is 5.67. The highest BCUT2D eigenvalue weighted by atomic mass is 16.5. The Morgan fingerprint density at radius 2 is 2.17 bits per heavy atom. The molecule has 0 saturated heterocycles. The van der Waals surface area contributed by atoms with E-state index < -0.39 is 0 Å². The fourth-order valence-electron chi connectivity index (χ4n) is 1.80. The molecule has 0 unspecified atom stereocenters. The molecule has 1 aromatic carbocycles.